The Balaban J connectivity index is 1.55. The molecule has 0 bridgehead atoms. The number of amides is 2. The van der Waals surface area contributed by atoms with Crippen molar-refractivity contribution in [1.29, 1.82) is 0 Å². The van der Waals surface area contributed by atoms with Crippen LogP contribution in [0.2, 0.25) is 0 Å². The summed E-state index contributed by atoms with van der Waals surface area (Å²) in [5, 5.41) is 6.71. The van der Waals surface area contributed by atoms with Crippen molar-refractivity contribution in [2.45, 2.75) is 25.8 Å². The summed E-state index contributed by atoms with van der Waals surface area (Å²) < 4.78 is 23.4. The van der Waals surface area contributed by atoms with Crippen molar-refractivity contribution in [3.8, 4) is 5.75 Å². The van der Waals surface area contributed by atoms with E-state index in [1.807, 2.05) is 0 Å². The predicted octanol–water partition coefficient (Wildman–Crippen LogP) is 3.70. The second-order valence-corrected chi connectivity index (χ2v) is 8.18. The molecule has 3 aromatic rings. The highest BCUT2D eigenvalue weighted by molar-refractivity contribution is 7.80. The summed E-state index contributed by atoms with van der Waals surface area (Å²) in [6, 6.07) is 13.9. The maximum atomic E-state index is 13.4. The fraction of sp³-hybridized carbons (Fsp3) is 0.250. The van der Waals surface area contributed by atoms with Gasteiger partial charge in [0.05, 0.1) is 19.2 Å². The van der Waals surface area contributed by atoms with Crippen LogP contribution in [0.25, 0.3) is 0 Å². The first-order valence-corrected chi connectivity index (χ1v) is 11.0. The molecule has 0 radical (unpaired) electrons. The summed E-state index contributed by atoms with van der Waals surface area (Å²) in [7, 11) is 1.56. The van der Waals surface area contributed by atoms with Crippen molar-refractivity contribution >= 4 is 40.6 Å². The normalized spacial score (nSPS) is 15.7. The monoisotopic (exact) mass is 482 g/mol. The molecule has 0 saturated carbocycles. The molecule has 1 N–H and O–H groups in total. The number of aryl methyl sites for hydroxylation is 1. The van der Waals surface area contributed by atoms with E-state index in [1.165, 1.54) is 17.0 Å². The first-order chi connectivity index (χ1) is 16.4. The molecule has 0 spiro atoms. The molecule has 2 heterocycles. The molecular weight excluding hydrogens is 459 g/mol. The van der Waals surface area contributed by atoms with Crippen LogP contribution in [0.5, 0.6) is 5.75 Å². The Kier molecular flexibility index (Phi) is 6.87. The number of hydrogen-bond donors (Lipinski definition) is 1. The van der Waals surface area contributed by atoms with Crippen LogP contribution >= 0.6 is 12.2 Å². The van der Waals surface area contributed by atoms with E-state index in [9.17, 15) is 14.0 Å². The smallest absolute Gasteiger partial charge is 0.256 e. The molecule has 2 amide bonds. The topological polar surface area (TPSA) is 87.9 Å². The summed E-state index contributed by atoms with van der Waals surface area (Å²) in [6.07, 6.45) is 0.395. The highest BCUT2D eigenvalue weighted by atomic mass is 32.1. The third-order valence-electron chi connectivity index (χ3n) is 5.48. The Bertz CT molecular complexity index is 1200. The summed E-state index contributed by atoms with van der Waals surface area (Å²) in [4.78, 5) is 29.3. The van der Waals surface area contributed by atoms with Gasteiger partial charge in [0.2, 0.25) is 5.91 Å². The second-order valence-electron chi connectivity index (χ2n) is 7.82. The molecule has 1 aliphatic rings. The third kappa shape index (κ3) is 5.07. The van der Waals surface area contributed by atoms with Gasteiger partial charge in [0, 0.05) is 12.6 Å². The Morgan fingerprint density at radius 2 is 1.91 bits per heavy atom. The lowest BCUT2D eigenvalue weighted by Gasteiger charge is -2.24. The zero-order valence-electron chi connectivity index (χ0n) is 18.7. The maximum absolute atomic E-state index is 13.4. The molecule has 1 aromatic heterocycles. The zero-order chi connectivity index (χ0) is 24.2. The minimum Gasteiger partial charge on any atom is -0.497 e. The van der Waals surface area contributed by atoms with E-state index in [1.54, 1.807) is 61.4 Å². The number of carbonyl (C=O) groups is 2. The van der Waals surface area contributed by atoms with Gasteiger partial charge in [-0.2, -0.15) is 0 Å². The molecule has 2 aromatic carbocycles. The van der Waals surface area contributed by atoms with Gasteiger partial charge >= 0.3 is 0 Å². The number of benzene rings is 2. The van der Waals surface area contributed by atoms with Crippen LogP contribution in [0.1, 0.15) is 17.7 Å². The summed E-state index contributed by atoms with van der Waals surface area (Å²) >= 11 is 5.66. The quantitative estimate of drug-likeness (QED) is 0.490. The van der Waals surface area contributed by atoms with Gasteiger partial charge in [-0.3, -0.25) is 14.5 Å². The number of thiocarbonyl (C=S) groups is 1. The summed E-state index contributed by atoms with van der Waals surface area (Å²) in [5.74, 6) is 0.464. The molecule has 1 saturated heterocycles. The molecule has 34 heavy (non-hydrogen) atoms. The minimum atomic E-state index is -0.803. The largest absolute Gasteiger partial charge is 0.497 e. The van der Waals surface area contributed by atoms with Gasteiger partial charge in [-0.05, 0) is 67.5 Å². The number of aromatic nitrogens is 1. The number of nitrogens with one attached hydrogen (secondary N) is 1. The van der Waals surface area contributed by atoms with Crippen LogP contribution < -0.4 is 15.0 Å². The van der Waals surface area contributed by atoms with E-state index in [4.69, 9.17) is 21.5 Å². The zero-order valence-corrected chi connectivity index (χ0v) is 19.5. The number of methoxy groups -OCH3 is 1. The molecule has 176 valence electrons. The van der Waals surface area contributed by atoms with Gasteiger partial charge in [0.15, 0.2) is 10.9 Å². The van der Waals surface area contributed by atoms with Crippen molar-refractivity contribution in [3.63, 3.8) is 0 Å². The Morgan fingerprint density at radius 3 is 2.53 bits per heavy atom. The number of nitrogens with zero attached hydrogens (tertiary/aromatic N) is 3. The molecule has 4 rings (SSSR count). The Morgan fingerprint density at radius 1 is 1.21 bits per heavy atom. The maximum Gasteiger partial charge on any atom is 0.256 e. The van der Waals surface area contributed by atoms with Crippen LogP contribution in [0, 0.1) is 12.7 Å². The first-order valence-electron chi connectivity index (χ1n) is 10.6. The minimum absolute atomic E-state index is 0.124. The Hall–Kier alpha value is -3.79. The van der Waals surface area contributed by atoms with Crippen LogP contribution in [-0.4, -0.2) is 46.7 Å². The lowest BCUT2D eigenvalue weighted by atomic mass is 10.1. The van der Waals surface area contributed by atoms with Gasteiger partial charge < -0.3 is 19.5 Å². The first kappa shape index (κ1) is 23.4. The van der Waals surface area contributed by atoms with Crippen LogP contribution in [0.4, 0.5) is 15.9 Å². The summed E-state index contributed by atoms with van der Waals surface area (Å²) in [6.45, 7) is 2.09. The van der Waals surface area contributed by atoms with E-state index >= 15 is 0 Å². The van der Waals surface area contributed by atoms with E-state index in [-0.39, 0.29) is 24.0 Å². The average molecular weight is 483 g/mol. The molecule has 1 atom stereocenters. The average Bonchev–Trinajstić information content (AvgIpc) is 3.33. The number of halogens is 1. The van der Waals surface area contributed by atoms with E-state index in [2.05, 4.69) is 10.5 Å². The van der Waals surface area contributed by atoms with Gasteiger partial charge in [0.1, 0.15) is 23.4 Å². The van der Waals surface area contributed by atoms with Crippen molar-refractivity contribution in [2.24, 2.45) is 0 Å². The van der Waals surface area contributed by atoms with E-state index in [0.717, 1.165) is 5.56 Å². The van der Waals surface area contributed by atoms with Gasteiger partial charge in [-0.15, -0.1) is 0 Å². The van der Waals surface area contributed by atoms with Crippen LogP contribution in [-0.2, 0) is 16.0 Å². The van der Waals surface area contributed by atoms with Gasteiger partial charge in [-0.1, -0.05) is 17.3 Å². The Labute approximate surface area is 201 Å². The van der Waals surface area contributed by atoms with Crippen molar-refractivity contribution in [1.82, 2.24) is 10.1 Å². The van der Waals surface area contributed by atoms with Crippen molar-refractivity contribution in [2.75, 3.05) is 23.9 Å². The van der Waals surface area contributed by atoms with E-state index < -0.39 is 11.9 Å². The molecule has 1 aliphatic heterocycles. The number of carbonyl (C=O) groups excluding carboxylic acids is 2. The fourth-order valence-corrected chi connectivity index (χ4v) is 4.17. The molecule has 10 heteroatoms. The van der Waals surface area contributed by atoms with Gasteiger partial charge in [0.25, 0.3) is 5.91 Å². The van der Waals surface area contributed by atoms with E-state index in [0.29, 0.717) is 35.3 Å². The van der Waals surface area contributed by atoms with Crippen LogP contribution in [0.15, 0.2) is 59.1 Å². The molecule has 1 fully saturated rings. The van der Waals surface area contributed by atoms with Crippen molar-refractivity contribution in [3.05, 3.63) is 71.7 Å². The standard InChI is InChI=1S/C24H23FN4O4S/c1-15-13-21(27-33-15)26-22(30)14-20-23(31)29(18-7-9-19(32-2)10-8-18)24(34)28(20)12-11-16-3-5-17(25)6-4-16/h3-10,13,20H,11-12,14H2,1-2H3,(H,26,27,30)/t20-/m0/s1. The number of anilines is 2. The molecule has 0 aliphatic carbocycles. The van der Waals surface area contributed by atoms with Crippen LogP contribution in [0.3, 0.4) is 0 Å². The number of ether oxygens (including phenoxy) is 1. The molecular formula is C24H23FN4O4S. The lowest BCUT2D eigenvalue weighted by Crippen LogP contribution is -2.39. The predicted molar refractivity (Wildman–Crippen MR) is 128 cm³/mol. The van der Waals surface area contributed by atoms with Crippen molar-refractivity contribution < 1.29 is 23.2 Å². The highest BCUT2D eigenvalue weighted by Gasteiger charge is 2.44. The summed E-state index contributed by atoms with van der Waals surface area (Å²) in [5.41, 5.74) is 1.47. The fourth-order valence-electron chi connectivity index (χ4n) is 3.75. The lowest BCUT2D eigenvalue weighted by molar-refractivity contribution is -0.124. The molecule has 0 unspecified atom stereocenters. The highest BCUT2D eigenvalue weighted by Crippen LogP contribution is 2.29. The van der Waals surface area contributed by atoms with Gasteiger partial charge in [-0.25, -0.2) is 4.39 Å². The number of hydrogen-bond acceptors (Lipinski definition) is 6. The third-order valence-corrected chi connectivity index (χ3v) is 5.90. The number of rotatable bonds is 8. The SMILES string of the molecule is COc1ccc(N2C(=O)[C@H](CC(=O)Nc3cc(C)on3)N(CCc3ccc(F)cc3)C2=S)cc1. The second kappa shape index (κ2) is 10.0. The molecule has 8 nitrogen and oxygen atoms in total.